The van der Waals surface area contributed by atoms with Gasteiger partial charge < -0.3 is 4.57 Å². The fraction of sp³-hybridized carbons (Fsp3) is 0. The number of fused-ring (bicyclic) bond motifs is 12. The second-order valence-corrected chi connectivity index (χ2v) is 16.1. The normalized spacial score (nSPS) is 11.9. The predicted molar refractivity (Wildman–Crippen MR) is 257 cm³/mol. The van der Waals surface area contributed by atoms with Crippen LogP contribution in [0.4, 0.5) is 4.39 Å². The highest BCUT2D eigenvalue weighted by molar-refractivity contribution is 6.25. The molecule has 0 bridgehead atoms. The van der Waals surface area contributed by atoms with E-state index in [1.807, 2.05) is 48.5 Å². The van der Waals surface area contributed by atoms with E-state index in [1.165, 1.54) is 27.9 Å². The molecule has 13 rings (SSSR count). The van der Waals surface area contributed by atoms with Crippen LogP contribution in [0.25, 0.3) is 121 Å². The molecule has 0 N–H and O–H groups in total. The third-order valence-electron chi connectivity index (χ3n) is 12.6. The van der Waals surface area contributed by atoms with Crippen molar-refractivity contribution in [1.82, 2.24) is 24.1 Å². The number of aromatic nitrogens is 5. The fourth-order valence-electron chi connectivity index (χ4n) is 9.75. The van der Waals surface area contributed by atoms with Crippen LogP contribution in [0.1, 0.15) is 0 Å². The Morgan fingerprint density at radius 3 is 1.41 bits per heavy atom. The second-order valence-electron chi connectivity index (χ2n) is 16.1. The summed E-state index contributed by atoms with van der Waals surface area (Å²) in [5.41, 5.74) is 9.50. The Morgan fingerprint density at radius 2 is 0.730 bits per heavy atom. The molecule has 3 heterocycles. The van der Waals surface area contributed by atoms with Gasteiger partial charge in [-0.05, 0) is 110 Å². The van der Waals surface area contributed by atoms with Crippen molar-refractivity contribution in [3.63, 3.8) is 0 Å². The molecule has 63 heavy (non-hydrogen) atoms. The zero-order valence-corrected chi connectivity index (χ0v) is 33.7. The smallest absolute Gasteiger partial charge is 0.238 e. The van der Waals surface area contributed by atoms with Crippen LogP contribution in [0.2, 0.25) is 0 Å². The summed E-state index contributed by atoms with van der Waals surface area (Å²) in [6, 6.07) is 70.9. The van der Waals surface area contributed by atoms with Crippen LogP contribution >= 0.6 is 0 Å². The standard InChI is InChI=1S/C57H34FN5/c58-39-26-28-44-47-33-38(23-27-43(47)41-17-7-8-18-42(41)48(44)34-39)56-59-55(35-13-3-1-4-14-35)60-57(61-56)63-52-22-12-10-20-46(52)50-32-37(25-30-54(50)63)36-24-29-53-49(31-36)45-19-9-11-21-51(45)62(53)40-15-5-2-6-16-40/h1-34H. The van der Waals surface area contributed by atoms with E-state index in [2.05, 4.69) is 155 Å². The maximum atomic E-state index is 14.8. The van der Waals surface area contributed by atoms with Gasteiger partial charge in [0, 0.05) is 38.4 Å². The quantitative estimate of drug-likeness (QED) is 0.163. The molecule has 5 nitrogen and oxygen atoms in total. The molecule has 0 amide bonds. The molecule has 0 fully saturated rings. The average molecular weight is 808 g/mol. The zero-order chi connectivity index (χ0) is 41.6. The summed E-state index contributed by atoms with van der Waals surface area (Å²) in [4.78, 5) is 15.6. The highest BCUT2D eigenvalue weighted by atomic mass is 19.1. The van der Waals surface area contributed by atoms with Gasteiger partial charge in [-0.25, -0.2) is 9.37 Å². The van der Waals surface area contributed by atoms with Gasteiger partial charge in [0.1, 0.15) is 5.82 Å². The van der Waals surface area contributed by atoms with E-state index in [0.29, 0.717) is 17.6 Å². The zero-order valence-electron chi connectivity index (χ0n) is 33.7. The molecule has 0 spiro atoms. The van der Waals surface area contributed by atoms with Crippen LogP contribution in [0.5, 0.6) is 0 Å². The van der Waals surface area contributed by atoms with Gasteiger partial charge in [0.15, 0.2) is 11.6 Å². The first kappa shape index (κ1) is 35.3. The van der Waals surface area contributed by atoms with Gasteiger partial charge in [-0.1, -0.05) is 140 Å². The highest BCUT2D eigenvalue weighted by Gasteiger charge is 2.20. The predicted octanol–water partition coefficient (Wildman–Crippen LogP) is 14.7. The molecule has 10 aromatic carbocycles. The minimum absolute atomic E-state index is 0.260. The first-order chi connectivity index (χ1) is 31.1. The van der Waals surface area contributed by atoms with Crippen molar-refractivity contribution in [3.8, 4) is 45.5 Å². The summed E-state index contributed by atoms with van der Waals surface area (Å²) in [7, 11) is 0. The van der Waals surface area contributed by atoms with Crippen LogP contribution < -0.4 is 0 Å². The van der Waals surface area contributed by atoms with Crippen LogP contribution in [0.15, 0.2) is 206 Å². The van der Waals surface area contributed by atoms with E-state index in [9.17, 15) is 4.39 Å². The molecule has 0 aliphatic heterocycles. The van der Waals surface area contributed by atoms with Gasteiger partial charge >= 0.3 is 0 Å². The van der Waals surface area contributed by atoms with Crippen molar-refractivity contribution < 1.29 is 4.39 Å². The van der Waals surface area contributed by atoms with E-state index in [1.54, 1.807) is 6.07 Å². The molecule has 294 valence electrons. The number of nitrogens with zero attached hydrogens (tertiary/aromatic N) is 5. The first-order valence-corrected chi connectivity index (χ1v) is 21.1. The lowest BCUT2D eigenvalue weighted by Crippen LogP contribution is -2.06. The molecule has 3 aromatic heterocycles. The number of benzene rings is 10. The van der Waals surface area contributed by atoms with Gasteiger partial charge in [0.2, 0.25) is 5.95 Å². The maximum absolute atomic E-state index is 14.8. The topological polar surface area (TPSA) is 48.5 Å². The van der Waals surface area contributed by atoms with E-state index in [4.69, 9.17) is 15.0 Å². The maximum Gasteiger partial charge on any atom is 0.238 e. The number of para-hydroxylation sites is 3. The monoisotopic (exact) mass is 807 g/mol. The lowest BCUT2D eigenvalue weighted by Gasteiger charge is -2.13. The fourth-order valence-corrected chi connectivity index (χ4v) is 9.75. The third-order valence-corrected chi connectivity index (χ3v) is 12.6. The summed E-state index contributed by atoms with van der Waals surface area (Å²) in [6.45, 7) is 0. The van der Waals surface area contributed by atoms with E-state index in [0.717, 1.165) is 82.1 Å². The minimum Gasteiger partial charge on any atom is -0.309 e. The van der Waals surface area contributed by atoms with Crippen LogP contribution in [0.3, 0.4) is 0 Å². The lowest BCUT2D eigenvalue weighted by atomic mass is 9.93. The van der Waals surface area contributed by atoms with E-state index < -0.39 is 0 Å². The van der Waals surface area contributed by atoms with E-state index >= 15 is 0 Å². The summed E-state index contributed by atoms with van der Waals surface area (Å²) >= 11 is 0. The second kappa shape index (κ2) is 13.8. The summed E-state index contributed by atoms with van der Waals surface area (Å²) < 4.78 is 19.3. The van der Waals surface area contributed by atoms with Crippen molar-refractivity contribution in [3.05, 3.63) is 212 Å². The molecular weight excluding hydrogens is 774 g/mol. The molecule has 6 heteroatoms. The Labute approximate surface area is 360 Å². The van der Waals surface area contributed by atoms with E-state index in [-0.39, 0.29) is 5.82 Å². The Morgan fingerprint density at radius 1 is 0.286 bits per heavy atom. The number of halogens is 1. The number of hydrogen-bond acceptors (Lipinski definition) is 3. The van der Waals surface area contributed by atoms with Gasteiger partial charge in [-0.3, -0.25) is 4.57 Å². The Balaban J connectivity index is 1.01. The molecule has 0 unspecified atom stereocenters. The van der Waals surface area contributed by atoms with Crippen molar-refractivity contribution in [2.45, 2.75) is 0 Å². The summed E-state index contributed by atoms with van der Waals surface area (Å²) in [6.07, 6.45) is 0. The van der Waals surface area contributed by atoms with Crippen molar-refractivity contribution in [1.29, 1.82) is 0 Å². The molecule has 0 atom stereocenters. The number of hydrogen-bond donors (Lipinski definition) is 0. The summed E-state index contributed by atoms with van der Waals surface area (Å²) in [5.74, 6) is 1.39. The van der Waals surface area contributed by atoms with Crippen LogP contribution in [-0.2, 0) is 0 Å². The largest absolute Gasteiger partial charge is 0.309 e. The molecule has 0 saturated carbocycles. The van der Waals surface area contributed by atoms with Gasteiger partial charge in [0.25, 0.3) is 0 Å². The molecule has 13 aromatic rings. The minimum atomic E-state index is -0.260. The Bertz CT molecular complexity index is 3980. The highest BCUT2D eigenvalue weighted by Crippen LogP contribution is 2.40. The molecule has 0 aliphatic carbocycles. The SMILES string of the molecule is Fc1ccc2c(c1)c1ccccc1c1ccc(-c3nc(-c4ccccc4)nc(-n4c5ccccc5c5cc(-c6ccc7c(c6)c6ccccc6n7-c6ccccc6)ccc54)n3)cc12. The van der Waals surface area contributed by atoms with Gasteiger partial charge in [-0.15, -0.1) is 0 Å². The van der Waals surface area contributed by atoms with Gasteiger partial charge in [-0.2, -0.15) is 9.97 Å². The Kier molecular flexibility index (Phi) is 7.72. The third kappa shape index (κ3) is 5.51. The Hall–Kier alpha value is -8.48. The van der Waals surface area contributed by atoms with Gasteiger partial charge in [0.05, 0.1) is 22.1 Å². The molecule has 0 saturated heterocycles. The molecular formula is C57H34FN5. The van der Waals surface area contributed by atoms with Crippen molar-refractivity contribution >= 4 is 75.9 Å². The lowest BCUT2D eigenvalue weighted by molar-refractivity contribution is 0.630. The molecule has 0 aliphatic rings. The summed E-state index contributed by atoms with van der Waals surface area (Å²) in [5, 5.41) is 10.7. The van der Waals surface area contributed by atoms with Crippen molar-refractivity contribution in [2.24, 2.45) is 0 Å². The van der Waals surface area contributed by atoms with Crippen LogP contribution in [-0.4, -0.2) is 24.1 Å². The number of rotatable bonds is 5. The van der Waals surface area contributed by atoms with Crippen molar-refractivity contribution in [2.75, 3.05) is 0 Å². The first-order valence-electron chi connectivity index (χ1n) is 21.1. The van der Waals surface area contributed by atoms with Crippen LogP contribution in [0, 0.1) is 5.82 Å². The average Bonchev–Trinajstić information content (AvgIpc) is 3.86. The molecule has 0 radical (unpaired) electrons.